The molecular formula is C15H24N2O. The van der Waals surface area contributed by atoms with Crippen LogP contribution in [0.25, 0.3) is 0 Å². The second-order valence-electron chi connectivity index (χ2n) is 5.62. The van der Waals surface area contributed by atoms with Crippen LogP contribution in [0.15, 0.2) is 12.1 Å². The molecule has 3 nitrogen and oxygen atoms in total. The van der Waals surface area contributed by atoms with Crippen molar-refractivity contribution in [2.45, 2.75) is 41.0 Å². The molecule has 0 bridgehead atoms. The van der Waals surface area contributed by atoms with E-state index in [1.54, 1.807) is 0 Å². The molecule has 3 heteroatoms. The van der Waals surface area contributed by atoms with Crippen LogP contribution < -0.4 is 10.5 Å². The molecule has 1 aromatic carbocycles. The van der Waals surface area contributed by atoms with Crippen LogP contribution in [-0.2, 0) is 0 Å². The normalized spacial score (nSPS) is 11.4. The van der Waals surface area contributed by atoms with Crippen LogP contribution in [0.4, 0.5) is 0 Å². The van der Waals surface area contributed by atoms with E-state index in [1.807, 2.05) is 13.8 Å². The molecule has 0 heterocycles. The molecule has 0 amide bonds. The first kappa shape index (κ1) is 14.6. The number of rotatable bonds is 5. The van der Waals surface area contributed by atoms with Crippen LogP contribution in [0, 0.1) is 31.6 Å². The highest BCUT2D eigenvalue weighted by molar-refractivity contribution is 5.82. The average molecular weight is 248 g/mol. The zero-order valence-electron chi connectivity index (χ0n) is 12.1. The van der Waals surface area contributed by atoms with Gasteiger partial charge in [-0.1, -0.05) is 31.5 Å². The summed E-state index contributed by atoms with van der Waals surface area (Å²) >= 11 is 0. The quantitative estimate of drug-likeness (QED) is 0.620. The fraction of sp³-hybridized carbons (Fsp3) is 0.533. The van der Waals surface area contributed by atoms with Gasteiger partial charge in [-0.05, 0) is 38.3 Å². The molecule has 0 saturated carbocycles. The van der Waals surface area contributed by atoms with Gasteiger partial charge >= 0.3 is 0 Å². The van der Waals surface area contributed by atoms with Gasteiger partial charge in [0.1, 0.15) is 5.75 Å². The van der Waals surface area contributed by atoms with Gasteiger partial charge in [-0.25, -0.2) is 0 Å². The lowest BCUT2D eigenvalue weighted by atomic mass is 9.88. The van der Waals surface area contributed by atoms with E-state index in [4.69, 9.17) is 15.9 Å². The van der Waals surface area contributed by atoms with E-state index < -0.39 is 0 Å². The van der Waals surface area contributed by atoms with E-state index in [9.17, 15) is 0 Å². The smallest absolute Gasteiger partial charge is 0.125 e. The van der Waals surface area contributed by atoms with Crippen molar-refractivity contribution < 1.29 is 4.74 Å². The van der Waals surface area contributed by atoms with Crippen LogP contribution in [0.5, 0.6) is 5.75 Å². The number of benzene rings is 1. The lowest BCUT2D eigenvalue weighted by Crippen LogP contribution is -2.32. The number of aryl methyl sites for hydroxylation is 3. The lowest BCUT2D eigenvalue weighted by molar-refractivity contribution is 0.266. The summed E-state index contributed by atoms with van der Waals surface area (Å²) < 4.78 is 5.86. The van der Waals surface area contributed by atoms with Crippen molar-refractivity contribution in [1.29, 1.82) is 5.41 Å². The fourth-order valence-corrected chi connectivity index (χ4v) is 1.94. The van der Waals surface area contributed by atoms with Gasteiger partial charge in [0.15, 0.2) is 0 Å². The minimum Gasteiger partial charge on any atom is -0.493 e. The largest absolute Gasteiger partial charge is 0.493 e. The highest BCUT2D eigenvalue weighted by atomic mass is 16.5. The summed E-state index contributed by atoms with van der Waals surface area (Å²) in [5, 5.41) is 7.51. The van der Waals surface area contributed by atoms with Crippen LogP contribution in [-0.4, -0.2) is 12.4 Å². The number of nitrogens with one attached hydrogen (secondary N) is 1. The van der Waals surface area contributed by atoms with Crippen molar-refractivity contribution in [3.8, 4) is 5.75 Å². The van der Waals surface area contributed by atoms with Gasteiger partial charge in [-0.3, -0.25) is 5.41 Å². The van der Waals surface area contributed by atoms with Gasteiger partial charge in [0.25, 0.3) is 0 Å². The molecule has 0 aromatic heterocycles. The van der Waals surface area contributed by atoms with Gasteiger partial charge in [0.05, 0.1) is 12.4 Å². The van der Waals surface area contributed by atoms with Gasteiger partial charge in [0.2, 0.25) is 0 Å². The van der Waals surface area contributed by atoms with Gasteiger partial charge < -0.3 is 10.5 Å². The molecule has 0 aliphatic heterocycles. The minimum atomic E-state index is -0.299. The number of hydrogen-bond acceptors (Lipinski definition) is 2. The first-order valence-electron chi connectivity index (χ1n) is 6.29. The summed E-state index contributed by atoms with van der Waals surface area (Å²) in [5.74, 6) is 1.17. The highest BCUT2D eigenvalue weighted by Crippen LogP contribution is 2.26. The maximum atomic E-state index is 7.51. The molecule has 18 heavy (non-hydrogen) atoms. The Bertz CT molecular complexity index is 427. The van der Waals surface area contributed by atoms with E-state index in [0.717, 1.165) is 23.3 Å². The topological polar surface area (TPSA) is 59.1 Å². The van der Waals surface area contributed by atoms with Crippen molar-refractivity contribution in [3.63, 3.8) is 0 Å². The number of amidine groups is 1. The molecule has 100 valence electrons. The van der Waals surface area contributed by atoms with Crippen LogP contribution in [0.1, 0.15) is 37.0 Å². The third-order valence-corrected chi connectivity index (χ3v) is 3.31. The molecule has 0 aliphatic carbocycles. The monoisotopic (exact) mass is 248 g/mol. The molecule has 0 atom stereocenters. The molecule has 0 unspecified atom stereocenters. The van der Waals surface area contributed by atoms with Gasteiger partial charge in [-0.2, -0.15) is 0 Å². The van der Waals surface area contributed by atoms with E-state index in [1.165, 1.54) is 5.56 Å². The molecule has 0 saturated heterocycles. The molecule has 1 aromatic rings. The molecular weight excluding hydrogens is 224 g/mol. The standard InChI is InChI=1S/C15H24N2O/c1-10-8-11(2)13(12(3)9-10)18-7-6-15(4,5)14(16)17/h8-9H,6-7H2,1-5H3,(H3,16,17). The van der Waals surface area contributed by atoms with Crippen molar-refractivity contribution in [2.24, 2.45) is 11.1 Å². The van der Waals surface area contributed by atoms with Crippen LogP contribution in [0.2, 0.25) is 0 Å². The summed E-state index contributed by atoms with van der Waals surface area (Å²) in [6, 6.07) is 4.25. The number of ether oxygens (including phenoxy) is 1. The third-order valence-electron chi connectivity index (χ3n) is 3.31. The van der Waals surface area contributed by atoms with Crippen molar-refractivity contribution >= 4 is 5.84 Å². The lowest BCUT2D eigenvalue weighted by Gasteiger charge is -2.23. The summed E-state index contributed by atoms with van der Waals surface area (Å²) in [6.07, 6.45) is 0.745. The zero-order chi connectivity index (χ0) is 13.9. The van der Waals surface area contributed by atoms with Crippen molar-refractivity contribution in [1.82, 2.24) is 0 Å². The second-order valence-corrected chi connectivity index (χ2v) is 5.62. The van der Waals surface area contributed by atoms with Crippen molar-refractivity contribution in [2.75, 3.05) is 6.61 Å². The summed E-state index contributed by atoms with van der Waals surface area (Å²) in [6.45, 7) is 10.7. The van der Waals surface area contributed by atoms with E-state index in [0.29, 0.717) is 6.61 Å². The highest BCUT2D eigenvalue weighted by Gasteiger charge is 2.21. The Labute approximate surface area is 110 Å². The van der Waals surface area contributed by atoms with E-state index >= 15 is 0 Å². The first-order valence-corrected chi connectivity index (χ1v) is 6.29. The number of nitrogens with two attached hydrogens (primary N) is 1. The maximum absolute atomic E-state index is 7.51. The molecule has 0 aliphatic rings. The Morgan fingerprint density at radius 2 is 1.72 bits per heavy atom. The van der Waals surface area contributed by atoms with Crippen LogP contribution >= 0.6 is 0 Å². The summed E-state index contributed by atoms with van der Waals surface area (Å²) in [4.78, 5) is 0. The SMILES string of the molecule is Cc1cc(C)c(OCCC(C)(C)C(=N)N)c(C)c1. The third kappa shape index (κ3) is 3.49. The summed E-state index contributed by atoms with van der Waals surface area (Å²) in [7, 11) is 0. The predicted octanol–water partition coefficient (Wildman–Crippen LogP) is 3.34. The zero-order valence-corrected chi connectivity index (χ0v) is 12.1. The molecule has 0 spiro atoms. The Morgan fingerprint density at radius 1 is 1.22 bits per heavy atom. The van der Waals surface area contributed by atoms with Crippen LogP contribution in [0.3, 0.4) is 0 Å². The predicted molar refractivity (Wildman–Crippen MR) is 76.5 cm³/mol. The molecule has 0 fully saturated rings. The van der Waals surface area contributed by atoms with Crippen molar-refractivity contribution in [3.05, 3.63) is 28.8 Å². The fourth-order valence-electron chi connectivity index (χ4n) is 1.94. The summed E-state index contributed by atoms with van der Waals surface area (Å²) in [5.41, 5.74) is 8.83. The Kier molecular flexibility index (Phi) is 4.38. The maximum Gasteiger partial charge on any atom is 0.125 e. The van der Waals surface area contributed by atoms with Gasteiger partial charge in [-0.15, -0.1) is 0 Å². The van der Waals surface area contributed by atoms with E-state index in [2.05, 4.69) is 32.9 Å². The average Bonchev–Trinajstić information content (AvgIpc) is 2.21. The Morgan fingerprint density at radius 3 is 2.17 bits per heavy atom. The second kappa shape index (κ2) is 5.42. The Hall–Kier alpha value is -1.51. The Balaban J connectivity index is 2.68. The molecule has 0 radical (unpaired) electrons. The molecule has 1 rings (SSSR count). The first-order chi connectivity index (χ1) is 8.24. The van der Waals surface area contributed by atoms with E-state index in [-0.39, 0.29) is 11.3 Å². The number of hydrogen-bond donors (Lipinski definition) is 2. The molecule has 3 N–H and O–H groups in total. The minimum absolute atomic E-state index is 0.212. The van der Waals surface area contributed by atoms with Gasteiger partial charge in [0, 0.05) is 5.41 Å².